The number of H-pyrrole nitrogens is 1. The van der Waals surface area contributed by atoms with Gasteiger partial charge in [-0.25, -0.2) is 14.6 Å². The number of amides is 1. The molecular formula is C29H29ClN8O2. The van der Waals surface area contributed by atoms with E-state index in [0.717, 1.165) is 22.2 Å². The summed E-state index contributed by atoms with van der Waals surface area (Å²) in [6.07, 6.45) is 4.95. The maximum atomic E-state index is 13.3. The van der Waals surface area contributed by atoms with Crippen LogP contribution < -0.4 is 21.5 Å². The van der Waals surface area contributed by atoms with Gasteiger partial charge in [-0.05, 0) is 38.0 Å². The Morgan fingerprint density at radius 2 is 1.90 bits per heavy atom. The summed E-state index contributed by atoms with van der Waals surface area (Å²) in [4.78, 5) is 41.3. The molecule has 10 nitrogen and oxygen atoms in total. The molecule has 1 saturated heterocycles. The molecular weight excluding hydrogens is 528 g/mol. The number of aromatic nitrogens is 5. The molecule has 0 radical (unpaired) electrons. The maximum Gasteiger partial charge on any atom is 0.284 e. The average molecular weight is 557 g/mol. The fraction of sp³-hybridized carbons (Fsp3) is 0.241. The van der Waals surface area contributed by atoms with Crippen LogP contribution in [0.15, 0.2) is 65.7 Å². The lowest BCUT2D eigenvalue weighted by Gasteiger charge is -2.33. The van der Waals surface area contributed by atoms with Crippen LogP contribution in [0.4, 0.5) is 11.6 Å². The number of halogens is 1. The molecule has 40 heavy (non-hydrogen) atoms. The minimum absolute atomic E-state index is 0.0958. The first kappa shape index (κ1) is 25.7. The fourth-order valence-electron chi connectivity index (χ4n) is 5.41. The highest BCUT2D eigenvalue weighted by Crippen LogP contribution is 2.30. The van der Waals surface area contributed by atoms with Gasteiger partial charge in [0.15, 0.2) is 11.6 Å². The standard InChI is InChI=1S/C29H29ClN8O2/c1-17-24(29(40)38(36(17)2)23-9-4-3-8-21(23)30)28(39)34-19-11-14-37(15-12-19)27-26(31)33-16-22(35-27)20-7-5-6-18-10-13-32-25(18)20/h3-10,13,16,19,32H,11-12,14-15H2,1-2H3,(H2,31,33)(H,34,39). The Morgan fingerprint density at radius 3 is 2.67 bits per heavy atom. The number of benzene rings is 2. The summed E-state index contributed by atoms with van der Waals surface area (Å²) in [6, 6.07) is 15.0. The van der Waals surface area contributed by atoms with Crippen molar-refractivity contribution in [1.82, 2.24) is 29.6 Å². The number of anilines is 2. The zero-order chi connectivity index (χ0) is 28.0. The monoisotopic (exact) mass is 556 g/mol. The molecule has 4 heterocycles. The Kier molecular flexibility index (Phi) is 6.55. The summed E-state index contributed by atoms with van der Waals surface area (Å²) in [5.74, 6) is 0.611. The van der Waals surface area contributed by atoms with Gasteiger partial charge in [0.2, 0.25) is 0 Å². The molecule has 11 heteroatoms. The molecule has 0 spiro atoms. The van der Waals surface area contributed by atoms with Crippen molar-refractivity contribution in [3.8, 4) is 16.9 Å². The van der Waals surface area contributed by atoms with Crippen LogP contribution in [0.2, 0.25) is 5.02 Å². The van der Waals surface area contributed by atoms with Crippen LogP contribution in [0.5, 0.6) is 0 Å². The number of nitrogens with zero attached hydrogens (tertiary/aromatic N) is 5. The van der Waals surface area contributed by atoms with Crippen LogP contribution in [0, 0.1) is 6.92 Å². The van der Waals surface area contributed by atoms with E-state index in [0.29, 0.717) is 54.0 Å². The van der Waals surface area contributed by atoms with Crippen LogP contribution in [0.1, 0.15) is 28.9 Å². The van der Waals surface area contributed by atoms with Gasteiger partial charge in [-0.1, -0.05) is 41.9 Å². The van der Waals surface area contributed by atoms with E-state index in [1.54, 1.807) is 49.1 Å². The topological polar surface area (TPSA) is 127 Å². The third kappa shape index (κ3) is 4.40. The third-order valence-corrected chi connectivity index (χ3v) is 7.96. The number of carbonyl (C=O) groups is 1. The fourth-order valence-corrected chi connectivity index (χ4v) is 5.62. The van der Waals surface area contributed by atoms with Crippen molar-refractivity contribution >= 4 is 40.0 Å². The molecule has 1 amide bonds. The number of piperidine rings is 1. The van der Waals surface area contributed by atoms with E-state index < -0.39 is 5.56 Å². The average Bonchev–Trinajstić information content (AvgIpc) is 3.52. The van der Waals surface area contributed by atoms with E-state index in [1.807, 2.05) is 30.5 Å². The van der Waals surface area contributed by atoms with Crippen LogP contribution >= 0.6 is 11.6 Å². The Bertz CT molecular complexity index is 1800. The van der Waals surface area contributed by atoms with Gasteiger partial charge in [0.05, 0.1) is 33.8 Å². The van der Waals surface area contributed by atoms with Gasteiger partial charge in [0, 0.05) is 43.3 Å². The first-order valence-electron chi connectivity index (χ1n) is 13.1. The van der Waals surface area contributed by atoms with Gasteiger partial charge in [0.1, 0.15) is 5.56 Å². The van der Waals surface area contributed by atoms with E-state index in [9.17, 15) is 9.59 Å². The number of hydrogen-bond acceptors (Lipinski definition) is 6. The first-order valence-corrected chi connectivity index (χ1v) is 13.5. The lowest BCUT2D eigenvalue weighted by atomic mass is 10.0. The number of fused-ring (bicyclic) bond motifs is 1. The summed E-state index contributed by atoms with van der Waals surface area (Å²) in [6.45, 7) is 3.03. The molecule has 204 valence electrons. The van der Waals surface area contributed by atoms with Crippen molar-refractivity contribution in [3.05, 3.63) is 87.6 Å². The van der Waals surface area contributed by atoms with Crippen LogP contribution in [0.25, 0.3) is 27.8 Å². The largest absolute Gasteiger partial charge is 0.381 e. The molecule has 6 rings (SSSR count). The van der Waals surface area contributed by atoms with E-state index in [2.05, 4.69) is 20.2 Å². The molecule has 1 aliphatic rings. The number of nitrogens with one attached hydrogen (secondary N) is 2. The van der Waals surface area contributed by atoms with Crippen molar-refractivity contribution in [2.45, 2.75) is 25.8 Å². The smallest absolute Gasteiger partial charge is 0.284 e. The van der Waals surface area contributed by atoms with Crippen LogP contribution in [-0.2, 0) is 7.05 Å². The normalized spacial score (nSPS) is 14.1. The minimum Gasteiger partial charge on any atom is -0.381 e. The molecule has 0 unspecified atom stereocenters. The highest BCUT2D eigenvalue weighted by molar-refractivity contribution is 6.32. The maximum absolute atomic E-state index is 13.3. The summed E-state index contributed by atoms with van der Waals surface area (Å²) in [7, 11) is 1.74. The summed E-state index contributed by atoms with van der Waals surface area (Å²) in [5, 5.41) is 4.60. The highest BCUT2D eigenvalue weighted by atomic mass is 35.5. The van der Waals surface area contributed by atoms with E-state index in [-0.39, 0.29) is 17.5 Å². The number of carbonyl (C=O) groups excluding carboxylic acids is 1. The second-order valence-corrected chi connectivity index (χ2v) is 10.4. The predicted molar refractivity (Wildman–Crippen MR) is 157 cm³/mol. The zero-order valence-corrected chi connectivity index (χ0v) is 22.9. The molecule has 1 aliphatic heterocycles. The molecule has 0 saturated carbocycles. The quantitative estimate of drug-likeness (QED) is 0.300. The van der Waals surface area contributed by atoms with Gasteiger partial charge in [0.25, 0.3) is 11.5 Å². The van der Waals surface area contributed by atoms with Crippen LogP contribution in [0.3, 0.4) is 0 Å². The van der Waals surface area contributed by atoms with Gasteiger partial charge in [-0.3, -0.25) is 14.3 Å². The van der Waals surface area contributed by atoms with Crippen molar-refractivity contribution in [2.24, 2.45) is 7.05 Å². The van der Waals surface area contributed by atoms with E-state index in [4.69, 9.17) is 22.3 Å². The molecule has 4 N–H and O–H groups in total. The van der Waals surface area contributed by atoms with Gasteiger partial charge in [-0.15, -0.1) is 0 Å². The number of nitrogen functional groups attached to an aromatic ring is 1. The molecule has 0 bridgehead atoms. The Labute approximate surface area is 235 Å². The van der Waals surface area contributed by atoms with Gasteiger partial charge in [-0.2, -0.15) is 0 Å². The lowest BCUT2D eigenvalue weighted by molar-refractivity contribution is 0.0929. The number of hydrogen-bond donors (Lipinski definition) is 3. The SMILES string of the molecule is Cc1c(C(=O)NC2CCN(c3nc(-c4cccc5cc[nH]c45)cnc3N)CC2)c(=O)n(-c2ccccc2Cl)n1C. The summed E-state index contributed by atoms with van der Waals surface area (Å²) in [5.41, 5.74) is 9.75. The highest BCUT2D eigenvalue weighted by Gasteiger charge is 2.28. The minimum atomic E-state index is -0.403. The molecule has 2 aromatic carbocycles. The Morgan fingerprint density at radius 1 is 1.12 bits per heavy atom. The molecule has 0 aliphatic carbocycles. The molecule has 0 atom stereocenters. The first-order chi connectivity index (χ1) is 19.3. The lowest BCUT2D eigenvalue weighted by Crippen LogP contribution is -2.46. The zero-order valence-electron chi connectivity index (χ0n) is 22.2. The van der Waals surface area contributed by atoms with Crippen LogP contribution in [-0.4, -0.2) is 49.4 Å². The number of para-hydroxylation sites is 2. The van der Waals surface area contributed by atoms with E-state index >= 15 is 0 Å². The number of aromatic amines is 1. The number of rotatable bonds is 5. The second kappa shape index (κ2) is 10.2. The van der Waals surface area contributed by atoms with Crippen molar-refractivity contribution in [3.63, 3.8) is 0 Å². The van der Waals surface area contributed by atoms with E-state index in [1.165, 1.54) is 4.68 Å². The van der Waals surface area contributed by atoms with Crippen molar-refractivity contribution in [1.29, 1.82) is 0 Å². The Balaban J connectivity index is 1.18. The third-order valence-electron chi connectivity index (χ3n) is 7.64. The second-order valence-electron chi connectivity index (χ2n) is 10.00. The number of nitrogens with two attached hydrogens (primary N) is 1. The summed E-state index contributed by atoms with van der Waals surface area (Å²) < 4.78 is 3.08. The molecule has 1 fully saturated rings. The van der Waals surface area contributed by atoms with Gasteiger partial charge < -0.3 is 20.9 Å². The summed E-state index contributed by atoms with van der Waals surface area (Å²) >= 11 is 6.34. The van der Waals surface area contributed by atoms with Gasteiger partial charge >= 0.3 is 0 Å². The predicted octanol–water partition coefficient (Wildman–Crippen LogP) is 4.06. The molecule has 5 aromatic rings. The molecule has 3 aromatic heterocycles. The van der Waals surface area contributed by atoms with Crippen molar-refractivity contribution < 1.29 is 4.79 Å². The Hall–Kier alpha value is -4.57. The van der Waals surface area contributed by atoms with Crippen molar-refractivity contribution in [2.75, 3.05) is 23.7 Å².